The highest BCUT2D eigenvalue weighted by Crippen LogP contribution is 2.26. The van der Waals surface area contributed by atoms with E-state index in [-0.39, 0.29) is 16.5 Å². The molecule has 0 spiro atoms. The maximum atomic E-state index is 12.9. The molecule has 0 heterocycles. The molecule has 0 atom stereocenters. The summed E-state index contributed by atoms with van der Waals surface area (Å²) in [4.78, 5) is 22.1. The van der Waals surface area contributed by atoms with Gasteiger partial charge in [-0.25, -0.2) is 8.42 Å². The highest BCUT2D eigenvalue weighted by Gasteiger charge is 2.27. The molecule has 0 aliphatic heterocycles. The number of hydrogen-bond donors (Lipinski definition) is 2. The number of aliphatic carboxylic acids is 1. The van der Waals surface area contributed by atoms with Crippen molar-refractivity contribution in [3.63, 3.8) is 0 Å². The zero-order valence-corrected chi connectivity index (χ0v) is 15.5. The molecule has 0 unspecified atom stereocenters. The summed E-state index contributed by atoms with van der Waals surface area (Å²) in [5, 5.41) is 11.6. The van der Waals surface area contributed by atoms with Crippen molar-refractivity contribution in [2.75, 3.05) is 16.2 Å². The first-order valence-corrected chi connectivity index (χ1v) is 9.31. The standard InChI is InChI=1S/C16H15BrN2O5S/c1-11(20)18-13-4-8-15(9-5-13)25(23,24)19(10-16(21)22)14-6-2-12(17)3-7-14/h2-9H,10H2,1H3,(H,18,20)(H,21,22). The summed E-state index contributed by atoms with van der Waals surface area (Å²) in [6, 6.07) is 11.8. The highest BCUT2D eigenvalue weighted by atomic mass is 79.9. The number of sulfonamides is 1. The Morgan fingerprint density at radius 3 is 2.12 bits per heavy atom. The van der Waals surface area contributed by atoms with Gasteiger partial charge in [0.2, 0.25) is 5.91 Å². The van der Waals surface area contributed by atoms with Crippen LogP contribution in [0.15, 0.2) is 57.9 Å². The van der Waals surface area contributed by atoms with Crippen molar-refractivity contribution in [3.05, 3.63) is 53.0 Å². The molecule has 2 N–H and O–H groups in total. The summed E-state index contributed by atoms with van der Waals surface area (Å²) in [5.41, 5.74) is 0.677. The first kappa shape index (κ1) is 18.9. The molecule has 2 aromatic carbocycles. The molecular formula is C16H15BrN2O5S. The number of carboxylic acid groups (broad SMARTS) is 1. The van der Waals surface area contributed by atoms with Crippen LogP contribution in [0.1, 0.15) is 6.92 Å². The van der Waals surface area contributed by atoms with Gasteiger partial charge in [0.15, 0.2) is 0 Å². The van der Waals surface area contributed by atoms with Gasteiger partial charge in [0.1, 0.15) is 6.54 Å². The summed E-state index contributed by atoms with van der Waals surface area (Å²) in [6.45, 7) is 0.629. The number of amides is 1. The lowest BCUT2D eigenvalue weighted by atomic mass is 10.3. The van der Waals surface area contributed by atoms with Crippen LogP contribution in [0.25, 0.3) is 0 Å². The second-order valence-electron chi connectivity index (χ2n) is 5.09. The predicted molar refractivity (Wildman–Crippen MR) is 97.1 cm³/mol. The van der Waals surface area contributed by atoms with E-state index in [2.05, 4.69) is 21.2 Å². The fourth-order valence-corrected chi connectivity index (χ4v) is 3.76. The van der Waals surface area contributed by atoms with E-state index >= 15 is 0 Å². The maximum absolute atomic E-state index is 12.9. The van der Waals surface area contributed by atoms with Gasteiger partial charge in [0.25, 0.3) is 10.0 Å². The van der Waals surface area contributed by atoms with Gasteiger partial charge in [-0.15, -0.1) is 0 Å². The van der Waals surface area contributed by atoms with E-state index < -0.39 is 22.5 Å². The molecule has 0 radical (unpaired) electrons. The molecule has 0 aliphatic carbocycles. The van der Waals surface area contributed by atoms with Crippen LogP contribution < -0.4 is 9.62 Å². The summed E-state index contributed by atoms with van der Waals surface area (Å²) in [6.07, 6.45) is 0. The van der Waals surface area contributed by atoms with Gasteiger partial charge < -0.3 is 10.4 Å². The normalized spacial score (nSPS) is 11.0. The van der Waals surface area contributed by atoms with Crippen molar-refractivity contribution in [3.8, 4) is 0 Å². The van der Waals surface area contributed by atoms with Crippen LogP contribution in [-0.4, -0.2) is 31.9 Å². The molecule has 132 valence electrons. The number of halogens is 1. The van der Waals surface area contributed by atoms with Crippen molar-refractivity contribution in [1.29, 1.82) is 0 Å². The zero-order chi connectivity index (χ0) is 18.6. The van der Waals surface area contributed by atoms with E-state index in [0.29, 0.717) is 5.69 Å². The summed E-state index contributed by atoms with van der Waals surface area (Å²) in [7, 11) is -4.08. The second kappa shape index (κ2) is 7.66. The average molecular weight is 427 g/mol. The van der Waals surface area contributed by atoms with Crippen molar-refractivity contribution in [2.24, 2.45) is 0 Å². The number of anilines is 2. The van der Waals surface area contributed by atoms with E-state index in [9.17, 15) is 18.0 Å². The Bertz CT molecular complexity index is 880. The smallest absolute Gasteiger partial charge is 0.324 e. The third-order valence-corrected chi connectivity index (χ3v) is 5.47. The van der Waals surface area contributed by atoms with Crippen LogP contribution in [0.5, 0.6) is 0 Å². The number of rotatable bonds is 6. The minimum atomic E-state index is -4.08. The molecule has 25 heavy (non-hydrogen) atoms. The number of carbonyl (C=O) groups is 2. The quantitative estimate of drug-likeness (QED) is 0.738. The van der Waals surface area contributed by atoms with E-state index in [4.69, 9.17) is 5.11 Å². The number of benzene rings is 2. The van der Waals surface area contributed by atoms with Crippen molar-refractivity contribution in [2.45, 2.75) is 11.8 Å². The third-order valence-electron chi connectivity index (χ3n) is 3.16. The molecule has 0 saturated heterocycles. The predicted octanol–water partition coefficient (Wildman–Crippen LogP) is 2.69. The fourth-order valence-electron chi connectivity index (χ4n) is 2.09. The maximum Gasteiger partial charge on any atom is 0.324 e. The fraction of sp³-hybridized carbons (Fsp3) is 0.125. The number of carboxylic acids is 1. The van der Waals surface area contributed by atoms with Crippen LogP contribution in [0.3, 0.4) is 0 Å². The number of carbonyl (C=O) groups excluding carboxylic acids is 1. The second-order valence-corrected chi connectivity index (χ2v) is 7.87. The summed E-state index contributed by atoms with van der Waals surface area (Å²) >= 11 is 3.25. The highest BCUT2D eigenvalue weighted by molar-refractivity contribution is 9.10. The Balaban J connectivity index is 2.42. The monoisotopic (exact) mass is 426 g/mol. The SMILES string of the molecule is CC(=O)Nc1ccc(S(=O)(=O)N(CC(=O)O)c2ccc(Br)cc2)cc1. The Kier molecular flexibility index (Phi) is 5.81. The zero-order valence-electron chi connectivity index (χ0n) is 13.1. The topological polar surface area (TPSA) is 104 Å². The Labute approximate surface area is 153 Å². The molecule has 0 saturated carbocycles. The first-order chi connectivity index (χ1) is 11.7. The van der Waals surface area contributed by atoms with E-state index in [1.54, 1.807) is 12.1 Å². The van der Waals surface area contributed by atoms with Gasteiger partial charge in [0.05, 0.1) is 10.6 Å². The molecular weight excluding hydrogens is 412 g/mol. The lowest BCUT2D eigenvalue weighted by molar-refractivity contribution is -0.135. The molecule has 2 rings (SSSR count). The van der Waals surface area contributed by atoms with Crippen LogP contribution in [-0.2, 0) is 19.6 Å². The van der Waals surface area contributed by atoms with Crippen LogP contribution in [0.4, 0.5) is 11.4 Å². The van der Waals surface area contributed by atoms with Crippen LogP contribution in [0, 0.1) is 0 Å². The first-order valence-electron chi connectivity index (χ1n) is 7.08. The van der Waals surface area contributed by atoms with E-state index in [0.717, 1.165) is 8.78 Å². The molecule has 0 aromatic heterocycles. The molecule has 9 heteroatoms. The lowest BCUT2D eigenvalue weighted by Crippen LogP contribution is -2.35. The van der Waals surface area contributed by atoms with Crippen molar-refractivity contribution < 1.29 is 23.1 Å². The van der Waals surface area contributed by atoms with Gasteiger partial charge in [-0.1, -0.05) is 15.9 Å². The average Bonchev–Trinajstić information content (AvgIpc) is 2.53. The molecule has 0 bridgehead atoms. The van der Waals surface area contributed by atoms with Gasteiger partial charge in [-0.05, 0) is 48.5 Å². The third kappa shape index (κ3) is 4.80. The lowest BCUT2D eigenvalue weighted by Gasteiger charge is -2.23. The van der Waals surface area contributed by atoms with Gasteiger partial charge >= 0.3 is 5.97 Å². The Morgan fingerprint density at radius 2 is 1.64 bits per heavy atom. The number of hydrogen-bond acceptors (Lipinski definition) is 4. The number of nitrogens with one attached hydrogen (secondary N) is 1. The summed E-state index contributed by atoms with van der Waals surface area (Å²) < 4.78 is 27.3. The van der Waals surface area contributed by atoms with Gasteiger partial charge in [-0.2, -0.15) is 0 Å². The summed E-state index contributed by atoms with van der Waals surface area (Å²) in [5.74, 6) is -1.56. The Morgan fingerprint density at radius 1 is 1.08 bits per heavy atom. The van der Waals surface area contributed by atoms with E-state index in [1.165, 1.54) is 43.3 Å². The molecule has 2 aromatic rings. The van der Waals surface area contributed by atoms with Crippen molar-refractivity contribution >= 4 is 49.2 Å². The van der Waals surface area contributed by atoms with Crippen molar-refractivity contribution in [1.82, 2.24) is 0 Å². The molecule has 1 amide bonds. The molecule has 0 aliphatic rings. The minimum absolute atomic E-state index is 0.0780. The largest absolute Gasteiger partial charge is 0.480 e. The van der Waals surface area contributed by atoms with Crippen LogP contribution >= 0.6 is 15.9 Å². The minimum Gasteiger partial charge on any atom is -0.480 e. The van der Waals surface area contributed by atoms with Gasteiger partial charge in [0, 0.05) is 17.1 Å². The molecule has 0 fully saturated rings. The van der Waals surface area contributed by atoms with E-state index in [1.807, 2.05) is 0 Å². The van der Waals surface area contributed by atoms with Crippen LogP contribution in [0.2, 0.25) is 0 Å². The molecule has 7 nitrogen and oxygen atoms in total. The van der Waals surface area contributed by atoms with Gasteiger partial charge in [-0.3, -0.25) is 13.9 Å². The Hall–Kier alpha value is -2.39. The number of nitrogens with zero attached hydrogens (tertiary/aromatic N) is 1.